The third kappa shape index (κ3) is 3.64. The number of hydrogen-bond donors (Lipinski definition) is 1. The highest BCUT2D eigenvalue weighted by Gasteiger charge is 2.42. The molecule has 0 spiro atoms. The van der Waals surface area contributed by atoms with E-state index in [1.807, 2.05) is 60.7 Å². The van der Waals surface area contributed by atoms with Crippen LogP contribution in [0.2, 0.25) is 0 Å². The topological polar surface area (TPSA) is 59.9 Å². The van der Waals surface area contributed by atoms with Gasteiger partial charge in [-0.25, -0.2) is 0 Å². The number of rotatable bonds is 4. The molecule has 0 bridgehead atoms. The van der Waals surface area contributed by atoms with E-state index in [1.165, 1.54) is 5.56 Å². The average Bonchev–Trinajstić information content (AvgIpc) is 3.01. The number of benzene rings is 3. The molecule has 0 amide bonds. The molecule has 5 nitrogen and oxygen atoms in total. The minimum absolute atomic E-state index is 0.136. The maximum atomic E-state index is 13.7. The number of aliphatic imine (C=N–C) groups is 1. The Kier molecular flexibility index (Phi) is 5.39. The second-order valence-electron chi connectivity index (χ2n) is 8.31. The molecule has 1 N–H and O–H groups in total. The predicted octanol–water partition coefficient (Wildman–Crippen LogP) is 5.71. The molecule has 0 saturated heterocycles. The number of methoxy groups -OCH3 is 2. The fourth-order valence-electron chi connectivity index (χ4n) is 4.90. The van der Waals surface area contributed by atoms with Crippen molar-refractivity contribution < 1.29 is 14.3 Å². The van der Waals surface area contributed by atoms with E-state index in [4.69, 9.17) is 14.5 Å². The summed E-state index contributed by atoms with van der Waals surface area (Å²) in [5.41, 5.74) is 4.77. The molecule has 0 radical (unpaired) electrons. The molecule has 1 aliphatic carbocycles. The molecule has 3 aromatic rings. The average molecular weight is 427 g/mol. The summed E-state index contributed by atoms with van der Waals surface area (Å²) in [4.78, 5) is 18.7. The highest BCUT2D eigenvalue weighted by Crippen LogP contribution is 2.46. The van der Waals surface area contributed by atoms with Crippen LogP contribution in [0.3, 0.4) is 0 Å². The molecule has 1 aliphatic heterocycles. The lowest BCUT2D eigenvalue weighted by Crippen LogP contribution is -2.38. The molecular formula is C27H26N2O3. The summed E-state index contributed by atoms with van der Waals surface area (Å²) in [6.07, 6.45) is 1.24. The van der Waals surface area contributed by atoms with Crippen LogP contribution in [0.4, 0.5) is 11.4 Å². The van der Waals surface area contributed by atoms with Crippen molar-refractivity contribution in [2.24, 2.45) is 10.9 Å². The largest absolute Gasteiger partial charge is 0.497 e. The highest BCUT2D eigenvalue weighted by atomic mass is 16.5. The van der Waals surface area contributed by atoms with Gasteiger partial charge in [0, 0.05) is 17.7 Å². The van der Waals surface area contributed by atoms with Gasteiger partial charge in [-0.2, -0.15) is 0 Å². The zero-order chi connectivity index (χ0) is 22.1. The van der Waals surface area contributed by atoms with E-state index in [9.17, 15) is 4.79 Å². The van der Waals surface area contributed by atoms with Gasteiger partial charge in [-0.3, -0.25) is 9.79 Å². The Labute approximate surface area is 188 Å². The molecule has 3 atom stereocenters. The Bertz CT molecular complexity index is 1170. The van der Waals surface area contributed by atoms with Gasteiger partial charge in [-0.15, -0.1) is 0 Å². The third-order valence-corrected chi connectivity index (χ3v) is 6.46. The molecule has 0 aromatic heterocycles. The van der Waals surface area contributed by atoms with E-state index in [0.717, 1.165) is 40.6 Å². The van der Waals surface area contributed by atoms with Gasteiger partial charge < -0.3 is 14.8 Å². The SMILES string of the molecule is COc1ccc(OC)c(C2Nc3ccccc3N=C3CC(c4ccccc4)CC(=O)C32)c1. The summed E-state index contributed by atoms with van der Waals surface area (Å²) in [7, 11) is 3.30. The normalized spacial score (nSPS) is 22.0. The first kappa shape index (κ1) is 20.3. The number of Topliss-reactive ketones (excluding diaryl/α,β-unsaturated/α-hetero) is 1. The fourth-order valence-corrected chi connectivity index (χ4v) is 4.90. The lowest BCUT2D eigenvalue weighted by Gasteiger charge is -2.34. The molecule has 162 valence electrons. The molecule has 1 heterocycles. The number of hydrogen-bond acceptors (Lipinski definition) is 5. The van der Waals surface area contributed by atoms with Crippen molar-refractivity contribution in [2.45, 2.75) is 24.8 Å². The number of nitrogens with one attached hydrogen (secondary N) is 1. The Morgan fingerprint density at radius 1 is 0.906 bits per heavy atom. The second-order valence-corrected chi connectivity index (χ2v) is 8.31. The van der Waals surface area contributed by atoms with Crippen LogP contribution in [-0.4, -0.2) is 25.7 Å². The van der Waals surface area contributed by atoms with E-state index in [-0.39, 0.29) is 23.7 Å². The van der Waals surface area contributed by atoms with Gasteiger partial charge in [-0.1, -0.05) is 42.5 Å². The fraction of sp³-hybridized carbons (Fsp3) is 0.259. The van der Waals surface area contributed by atoms with Crippen LogP contribution in [-0.2, 0) is 4.79 Å². The Hall–Kier alpha value is -3.60. The first-order valence-corrected chi connectivity index (χ1v) is 10.9. The molecule has 1 saturated carbocycles. The van der Waals surface area contributed by atoms with Gasteiger partial charge >= 0.3 is 0 Å². The van der Waals surface area contributed by atoms with Crippen LogP contribution in [0.1, 0.15) is 35.9 Å². The van der Waals surface area contributed by atoms with Crippen molar-refractivity contribution in [3.8, 4) is 11.5 Å². The van der Waals surface area contributed by atoms with Gasteiger partial charge in [0.25, 0.3) is 0 Å². The molecule has 32 heavy (non-hydrogen) atoms. The van der Waals surface area contributed by atoms with E-state index in [0.29, 0.717) is 6.42 Å². The van der Waals surface area contributed by atoms with Crippen LogP contribution in [0.5, 0.6) is 11.5 Å². The summed E-state index contributed by atoms with van der Waals surface area (Å²) >= 11 is 0. The van der Waals surface area contributed by atoms with Crippen LogP contribution >= 0.6 is 0 Å². The van der Waals surface area contributed by atoms with Crippen molar-refractivity contribution in [1.82, 2.24) is 0 Å². The molecule has 3 unspecified atom stereocenters. The monoisotopic (exact) mass is 426 g/mol. The van der Waals surface area contributed by atoms with Crippen molar-refractivity contribution in [3.63, 3.8) is 0 Å². The number of carbonyl (C=O) groups excluding carboxylic acids is 1. The predicted molar refractivity (Wildman–Crippen MR) is 126 cm³/mol. The molecule has 1 fully saturated rings. The maximum absolute atomic E-state index is 13.7. The number of fused-ring (bicyclic) bond motifs is 2. The van der Waals surface area contributed by atoms with Crippen molar-refractivity contribution in [3.05, 3.63) is 83.9 Å². The summed E-state index contributed by atoms with van der Waals surface area (Å²) < 4.78 is 11.2. The minimum atomic E-state index is -0.372. The number of ketones is 1. The van der Waals surface area contributed by atoms with E-state index >= 15 is 0 Å². The Balaban J connectivity index is 1.63. The van der Waals surface area contributed by atoms with Gasteiger partial charge in [0.05, 0.1) is 37.6 Å². The van der Waals surface area contributed by atoms with E-state index < -0.39 is 0 Å². The van der Waals surface area contributed by atoms with Crippen LogP contribution in [0.25, 0.3) is 0 Å². The zero-order valence-electron chi connectivity index (χ0n) is 18.2. The molecule has 2 aliphatic rings. The van der Waals surface area contributed by atoms with Crippen molar-refractivity contribution in [2.75, 3.05) is 19.5 Å². The first-order valence-electron chi connectivity index (χ1n) is 10.9. The van der Waals surface area contributed by atoms with E-state index in [2.05, 4.69) is 17.4 Å². The van der Waals surface area contributed by atoms with Crippen LogP contribution in [0, 0.1) is 5.92 Å². The Morgan fingerprint density at radius 2 is 1.69 bits per heavy atom. The Morgan fingerprint density at radius 3 is 2.47 bits per heavy atom. The van der Waals surface area contributed by atoms with Gasteiger partial charge in [0.15, 0.2) is 0 Å². The van der Waals surface area contributed by atoms with E-state index in [1.54, 1.807) is 14.2 Å². The number of nitrogens with zero attached hydrogens (tertiary/aromatic N) is 1. The third-order valence-electron chi connectivity index (χ3n) is 6.46. The minimum Gasteiger partial charge on any atom is -0.497 e. The number of ether oxygens (including phenoxy) is 2. The molecule has 5 heteroatoms. The summed E-state index contributed by atoms with van der Waals surface area (Å²) in [5.74, 6) is 1.41. The standard InChI is InChI=1S/C27H26N2O3/c1-31-19-12-13-25(32-2)20(16-19)27-26-23(28-21-10-6-7-11-22(21)29-27)14-18(15-24(26)30)17-8-4-3-5-9-17/h3-13,16,18,26-27,29H,14-15H2,1-2H3. The molecule has 3 aromatic carbocycles. The quantitative estimate of drug-likeness (QED) is 0.581. The van der Waals surface area contributed by atoms with Gasteiger partial charge in [-0.05, 0) is 48.2 Å². The number of para-hydroxylation sites is 2. The molecular weight excluding hydrogens is 400 g/mol. The summed E-state index contributed by atoms with van der Waals surface area (Å²) in [5, 5.41) is 3.62. The van der Waals surface area contributed by atoms with Crippen LogP contribution < -0.4 is 14.8 Å². The summed E-state index contributed by atoms with van der Waals surface area (Å²) in [6, 6.07) is 23.7. The molecule has 5 rings (SSSR count). The lowest BCUT2D eigenvalue weighted by atomic mass is 9.72. The van der Waals surface area contributed by atoms with Crippen LogP contribution in [0.15, 0.2) is 77.8 Å². The lowest BCUT2D eigenvalue weighted by molar-refractivity contribution is -0.122. The summed E-state index contributed by atoms with van der Waals surface area (Å²) in [6.45, 7) is 0. The number of anilines is 1. The van der Waals surface area contributed by atoms with Crippen molar-refractivity contribution >= 4 is 22.9 Å². The maximum Gasteiger partial charge on any atom is 0.144 e. The zero-order valence-corrected chi connectivity index (χ0v) is 18.2. The van der Waals surface area contributed by atoms with Gasteiger partial charge in [0.1, 0.15) is 17.3 Å². The van der Waals surface area contributed by atoms with Crippen molar-refractivity contribution in [1.29, 1.82) is 0 Å². The highest BCUT2D eigenvalue weighted by molar-refractivity contribution is 6.11. The number of carbonyl (C=O) groups is 1. The second kappa shape index (κ2) is 8.50. The first-order chi connectivity index (χ1) is 15.7. The smallest absolute Gasteiger partial charge is 0.144 e. The van der Waals surface area contributed by atoms with Gasteiger partial charge in [0.2, 0.25) is 0 Å².